The van der Waals surface area contributed by atoms with E-state index in [1.165, 1.54) is 16.3 Å². The molecular weight excluding hydrogens is 230 g/mol. The van der Waals surface area contributed by atoms with Crippen molar-refractivity contribution in [2.75, 3.05) is 6.54 Å². The average molecular weight is 255 g/mol. The zero-order valence-corrected chi connectivity index (χ0v) is 12.5. The van der Waals surface area contributed by atoms with Crippen molar-refractivity contribution in [2.45, 2.75) is 39.7 Å². The summed E-state index contributed by atoms with van der Waals surface area (Å²) in [7, 11) is 0. The maximum Gasteiger partial charge on any atom is 0.00104 e. The molecule has 2 rings (SSSR count). The minimum atomic E-state index is 0.561. The molecule has 2 aromatic rings. The first kappa shape index (κ1) is 14.1. The van der Waals surface area contributed by atoms with Gasteiger partial charge in [0.2, 0.25) is 0 Å². The molecular formula is C18H25N. The minimum absolute atomic E-state index is 0.561. The maximum atomic E-state index is 3.53. The highest BCUT2D eigenvalue weighted by Crippen LogP contribution is 2.26. The molecule has 2 aromatic carbocycles. The van der Waals surface area contributed by atoms with Crippen molar-refractivity contribution in [1.29, 1.82) is 0 Å². The van der Waals surface area contributed by atoms with E-state index in [-0.39, 0.29) is 0 Å². The fourth-order valence-corrected chi connectivity index (χ4v) is 2.42. The zero-order chi connectivity index (χ0) is 13.8. The highest BCUT2D eigenvalue weighted by Gasteiger charge is 2.14. The smallest absolute Gasteiger partial charge is 0.00104 e. The van der Waals surface area contributed by atoms with Gasteiger partial charge in [-0.2, -0.15) is 0 Å². The summed E-state index contributed by atoms with van der Waals surface area (Å²) in [5.41, 5.74) is 1.44. The van der Waals surface area contributed by atoms with Crippen LogP contribution in [0.4, 0.5) is 0 Å². The predicted molar refractivity (Wildman–Crippen MR) is 84.7 cm³/mol. The van der Waals surface area contributed by atoms with E-state index in [4.69, 9.17) is 0 Å². The van der Waals surface area contributed by atoms with E-state index in [1.807, 2.05) is 0 Å². The molecule has 0 bridgehead atoms. The maximum absolute atomic E-state index is 3.53. The Morgan fingerprint density at radius 2 is 1.58 bits per heavy atom. The van der Waals surface area contributed by atoms with Gasteiger partial charge in [-0.1, -0.05) is 70.2 Å². The van der Waals surface area contributed by atoms with Crippen LogP contribution < -0.4 is 5.32 Å². The first-order chi connectivity index (χ1) is 9.08. The van der Waals surface area contributed by atoms with E-state index >= 15 is 0 Å². The number of hydrogen-bond acceptors (Lipinski definition) is 1. The lowest BCUT2D eigenvalue weighted by molar-refractivity contribution is 0.426. The number of nitrogens with one attached hydrogen (secondary N) is 1. The fourth-order valence-electron chi connectivity index (χ4n) is 2.42. The van der Waals surface area contributed by atoms with Gasteiger partial charge in [0.15, 0.2) is 0 Å². The molecule has 102 valence electrons. The molecule has 1 N–H and O–H groups in total. The Balaban J connectivity index is 2.14. The van der Waals surface area contributed by atoms with Gasteiger partial charge in [-0.3, -0.25) is 0 Å². The summed E-state index contributed by atoms with van der Waals surface area (Å²) >= 11 is 0. The van der Waals surface area contributed by atoms with Crippen LogP contribution in [0.3, 0.4) is 0 Å². The number of fused-ring (bicyclic) bond motifs is 1. The van der Waals surface area contributed by atoms with Gasteiger partial charge in [0, 0.05) is 6.04 Å². The van der Waals surface area contributed by atoms with Gasteiger partial charge < -0.3 is 5.32 Å². The van der Waals surface area contributed by atoms with Crippen LogP contribution in [0.15, 0.2) is 42.5 Å². The second-order valence-corrected chi connectivity index (χ2v) is 5.94. The zero-order valence-electron chi connectivity index (χ0n) is 12.5. The molecule has 0 spiro atoms. The molecule has 0 aliphatic carbocycles. The molecule has 0 amide bonds. The van der Waals surface area contributed by atoms with Crippen LogP contribution >= 0.6 is 0 Å². The second kappa shape index (κ2) is 6.21. The summed E-state index contributed by atoms with van der Waals surface area (Å²) in [5.74, 6) is 1.22. The van der Waals surface area contributed by atoms with Crippen molar-refractivity contribution >= 4 is 10.8 Å². The molecule has 0 saturated carbocycles. The molecule has 0 fully saturated rings. The molecule has 0 aromatic heterocycles. The van der Waals surface area contributed by atoms with Gasteiger partial charge in [-0.25, -0.2) is 0 Å². The molecule has 0 heterocycles. The Labute approximate surface area is 117 Å². The van der Waals surface area contributed by atoms with Gasteiger partial charge in [-0.15, -0.1) is 0 Å². The van der Waals surface area contributed by atoms with E-state index in [2.05, 4.69) is 75.5 Å². The molecule has 0 saturated heterocycles. The van der Waals surface area contributed by atoms with Crippen LogP contribution in [0.1, 0.15) is 39.2 Å². The SMILES string of the molecule is CC(C)NCC(C)C(C)c1ccc2ccccc2c1. The molecule has 0 aliphatic heterocycles. The molecule has 0 radical (unpaired) electrons. The van der Waals surface area contributed by atoms with Crippen LogP contribution in [0.2, 0.25) is 0 Å². The lowest BCUT2D eigenvalue weighted by Crippen LogP contribution is -2.29. The number of benzene rings is 2. The summed E-state index contributed by atoms with van der Waals surface area (Å²) in [6, 6.07) is 16.0. The van der Waals surface area contributed by atoms with Gasteiger partial charge in [-0.05, 0) is 34.7 Å². The van der Waals surface area contributed by atoms with Gasteiger partial charge in [0.05, 0.1) is 0 Å². The van der Waals surface area contributed by atoms with E-state index in [1.54, 1.807) is 0 Å². The molecule has 19 heavy (non-hydrogen) atoms. The van der Waals surface area contributed by atoms with Crippen LogP contribution in [0.25, 0.3) is 10.8 Å². The van der Waals surface area contributed by atoms with Crippen LogP contribution in [0, 0.1) is 5.92 Å². The van der Waals surface area contributed by atoms with Gasteiger partial charge in [0.1, 0.15) is 0 Å². The summed E-state index contributed by atoms with van der Waals surface area (Å²) < 4.78 is 0. The lowest BCUT2D eigenvalue weighted by Gasteiger charge is -2.22. The third-order valence-electron chi connectivity index (χ3n) is 4.00. The lowest BCUT2D eigenvalue weighted by atomic mass is 9.87. The topological polar surface area (TPSA) is 12.0 Å². The summed E-state index contributed by atoms with van der Waals surface area (Å²) in [5, 5.41) is 6.20. The largest absolute Gasteiger partial charge is 0.314 e. The minimum Gasteiger partial charge on any atom is -0.314 e. The van der Waals surface area contributed by atoms with Gasteiger partial charge >= 0.3 is 0 Å². The third-order valence-corrected chi connectivity index (χ3v) is 4.00. The highest BCUT2D eigenvalue weighted by atomic mass is 14.9. The van der Waals surface area contributed by atoms with Crippen molar-refractivity contribution in [1.82, 2.24) is 5.32 Å². The third kappa shape index (κ3) is 3.57. The standard InChI is InChI=1S/C18H25N/c1-13(2)19-12-14(3)15(4)17-10-9-16-7-5-6-8-18(16)11-17/h5-11,13-15,19H,12H2,1-4H3. The van der Waals surface area contributed by atoms with Gasteiger partial charge in [0.25, 0.3) is 0 Å². The Kier molecular flexibility index (Phi) is 4.60. The Morgan fingerprint density at radius 1 is 0.895 bits per heavy atom. The van der Waals surface area contributed by atoms with E-state index < -0.39 is 0 Å². The van der Waals surface area contributed by atoms with E-state index in [0.717, 1.165) is 6.54 Å². The first-order valence-corrected chi connectivity index (χ1v) is 7.30. The monoisotopic (exact) mass is 255 g/mol. The summed E-state index contributed by atoms with van der Waals surface area (Å²) in [4.78, 5) is 0. The molecule has 2 atom stereocenters. The normalized spacial score (nSPS) is 14.8. The number of hydrogen-bond donors (Lipinski definition) is 1. The number of rotatable bonds is 5. The van der Waals surface area contributed by atoms with Crippen LogP contribution in [0.5, 0.6) is 0 Å². The Hall–Kier alpha value is -1.34. The van der Waals surface area contributed by atoms with E-state index in [0.29, 0.717) is 17.9 Å². The van der Waals surface area contributed by atoms with E-state index in [9.17, 15) is 0 Å². The summed E-state index contributed by atoms with van der Waals surface area (Å²) in [6.45, 7) is 10.1. The fraction of sp³-hybridized carbons (Fsp3) is 0.444. The van der Waals surface area contributed by atoms with Crippen molar-refractivity contribution in [3.05, 3.63) is 48.0 Å². The molecule has 1 nitrogen and oxygen atoms in total. The summed E-state index contributed by atoms with van der Waals surface area (Å²) in [6.07, 6.45) is 0. The molecule has 2 unspecified atom stereocenters. The van der Waals surface area contributed by atoms with Crippen LogP contribution in [-0.4, -0.2) is 12.6 Å². The molecule has 0 aliphatic rings. The second-order valence-electron chi connectivity index (χ2n) is 5.94. The van der Waals surface area contributed by atoms with Crippen molar-refractivity contribution in [3.63, 3.8) is 0 Å². The Bertz CT molecular complexity index is 530. The Morgan fingerprint density at radius 3 is 2.26 bits per heavy atom. The van der Waals surface area contributed by atoms with Crippen molar-refractivity contribution in [2.24, 2.45) is 5.92 Å². The van der Waals surface area contributed by atoms with Crippen LogP contribution in [-0.2, 0) is 0 Å². The highest BCUT2D eigenvalue weighted by molar-refractivity contribution is 5.83. The predicted octanol–water partition coefficient (Wildman–Crippen LogP) is 4.58. The quantitative estimate of drug-likeness (QED) is 0.824. The average Bonchev–Trinajstić information content (AvgIpc) is 2.43. The van der Waals surface area contributed by atoms with Crippen molar-refractivity contribution < 1.29 is 0 Å². The van der Waals surface area contributed by atoms with Crippen molar-refractivity contribution in [3.8, 4) is 0 Å². The molecule has 1 heteroatoms. The first-order valence-electron chi connectivity index (χ1n) is 7.30.